The minimum atomic E-state index is -4.52. The molecule has 1 aliphatic rings. The number of methoxy groups -OCH3 is 1. The molecule has 2 amide bonds. The molecule has 1 unspecified atom stereocenters. The molecule has 1 aromatic heterocycles. The van der Waals surface area contributed by atoms with Crippen molar-refractivity contribution in [1.29, 1.82) is 0 Å². The Hall–Kier alpha value is -3.82. The van der Waals surface area contributed by atoms with Crippen molar-refractivity contribution in [3.05, 3.63) is 77.6 Å². The molecule has 3 aromatic rings. The Morgan fingerprint density at radius 1 is 1.15 bits per heavy atom. The summed E-state index contributed by atoms with van der Waals surface area (Å²) in [6, 6.07) is 13.1. The molecule has 34 heavy (non-hydrogen) atoms. The number of amides is 2. The molecule has 1 atom stereocenters. The molecule has 1 fully saturated rings. The molecule has 1 heterocycles. The summed E-state index contributed by atoms with van der Waals surface area (Å²) >= 11 is 0. The van der Waals surface area contributed by atoms with Crippen LogP contribution in [0.4, 0.5) is 13.2 Å². The predicted octanol–water partition coefficient (Wildman–Crippen LogP) is 3.52. The molecular formula is C24H23F3N4O3. The van der Waals surface area contributed by atoms with Crippen molar-refractivity contribution in [2.75, 3.05) is 7.11 Å². The lowest BCUT2D eigenvalue weighted by atomic mass is 10.0. The van der Waals surface area contributed by atoms with Gasteiger partial charge in [-0.05, 0) is 36.6 Å². The molecule has 2 aromatic carbocycles. The van der Waals surface area contributed by atoms with E-state index in [1.165, 1.54) is 25.4 Å². The number of halogens is 3. The molecule has 2 N–H and O–H groups in total. The smallest absolute Gasteiger partial charge is 0.416 e. The van der Waals surface area contributed by atoms with Gasteiger partial charge in [0.15, 0.2) is 11.4 Å². The summed E-state index contributed by atoms with van der Waals surface area (Å²) in [7, 11) is 1.32. The third-order valence-electron chi connectivity index (χ3n) is 5.38. The Bertz CT molecular complexity index is 1170. The molecule has 0 spiro atoms. The second-order valence-electron chi connectivity index (χ2n) is 8.04. The van der Waals surface area contributed by atoms with Crippen LogP contribution in [0.15, 0.2) is 60.8 Å². The number of hydrogen-bond acceptors (Lipinski definition) is 4. The number of carbonyl (C=O) groups excluding carboxylic acids is 2. The molecule has 0 saturated heterocycles. The highest BCUT2D eigenvalue weighted by atomic mass is 19.4. The zero-order valence-electron chi connectivity index (χ0n) is 18.3. The van der Waals surface area contributed by atoms with Crippen LogP contribution in [0.1, 0.15) is 34.5 Å². The van der Waals surface area contributed by atoms with Crippen LogP contribution in [0.5, 0.6) is 5.75 Å². The maximum Gasteiger partial charge on any atom is 0.416 e. The van der Waals surface area contributed by atoms with Crippen LogP contribution >= 0.6 is 0 Å². The average Bonchev–Trinajstić information content (AvgIpc) is 3.52. The highest BCUT2D eigenvalue weighted by molar-refractivity contribution is 5.98. The van der Waals surface area contributed by atoms with Gasteiger partial charge < -0.3 is 15.4 Å². The van der Waals surface area contributed by atoms with Gasteiger partial charge >= 0.3 is 6.18 Å². The topological polar surface area (TPSA) is 85.2 Å². The van der Waals surface area contributed by atoms with Crippen LogP contribution in [0.25, 0.3) is 5.69 Å². The fourth-order valence-corrected chi connectivity index (χ4v) is 3.44. The molecular weight excluding hydrogens is 449 g/mol. The number of nitrogens with one attached hydrogen (secondary N) is 2. The molecule has 7 nitrogen and oxygen atoms in total. The number of hydrogen-bond donors (Lipinski definition) is 2. The highest BCUT2D eigenvalue weighted by Gasteiger charge is 2.32. The molecule has 1 aliphatic carbocycles. The first-order valence-electron chi connectivity index (χ1n) is 10.7. The van der Waals surface area contributed by atoms with Crippen molar-refractivity contribution in [1.82, 2.24) is 20.4 Å². The van der Waals surface area contributed by atoms with Crippen molar-refractivity contribution >= 4 is 11.8 Å². The van der Waals surface area contributed by atoms with Gasteiger partial charge in [-0.1, -0.05) is 36.4 Å². The van der Waals surface area contributed by atoms with Crippen molar-refractivity contribution in [2.45, 2.75) is 37.5 Å². The minimum absolute atomic E-state index is 0.0657. The van der Waals surface area contributed by atoms with Crippen molar-refractivity contribution in [2.24, 2.45) is 0 Å². The minimum Gasteiger partial charge on any atom is -0.493 e. The van der Waals surface area contributed by atoms with Gasteiger partial charge in [0.05, 0.1) is 24.6 Å². The normalized spacial score (nSPS) is 14.4. The largest absolute Gasteiger partial charge is 0.493 e. The van der Waals surface area contributed by atoms with Crippen LogP contribution < -0.4 is 15.4 Å². The number of carbonyl (C=O) groups is 2. The molecule has 1 saturated carbocycles. The van der Waals surface area contributed by atoms with Crippen LogP contribution in [-0.2, 0) is 17.4 Å². The third kappa shape index (κ3) is 5.56. The Morgan fingerprint density at radius 2 is 1.88 bits per heavy atom. The molecule has 0 radical (unpaired) electrons. The first kappa shape index (κ1) is 23.3. The van der Waals surface area contributed by atoms with E-state index >= 15 is 0 Å². The first-order chi connectivity index (χ1) is 16.2. The van der Waals surface area contributed by atoms with E-state index in [4.69, 9.17) is 4.74 Å². The summed E-state index contributed by atoms with van der Waals surface area (Å²) in [4.78, 5) is 25.9. The zero-order chi connectivity index (χ0) is 24.3. The Balaban J connectivity index is 1.58. The van der Waals surface area contributed by atoms with Gasteiger partial charge in [0.1, 0.15) is 6.04 Å². The Kier molecular flexibility index (Phi) is 6.58. The van der Waals surface area contributed by atoms with E-state index in [-0.39, 0.29) is 35.5 Å². The van der Waals surface area contributed by atoms with E-state index in [0.29, 0.717) is 0 Å². The second-order valence-corrected chi connectivity index (χ2v) is 8.04. The summed E-state index contributed by atoms with van der Waals surface area (Å²) in [5.74, 6) is -0.915. The lowest BCUT2D eigenvalue weighted by Gasteiger charge is -2.18. The summed E-state index contributed by atoms with van der Waals surface area (Å²) in [5.41, 5.74) is -0.0120. The van der Waals surface area contributed by atoms with E-state index in [1.54, 1.807) is 0 Å². The third-order valence-corrected chi connectivity index (χ3v) is 5.38. The molecule has 0 bridgehead atoms. The van der Waals surface area contributed by atoms with Gasteiger partial charge in [0.25, 0.3) is 5.91 Å². The van der Waals surface area contributed by atoms with Gasteiger partial charge in [-0.3, -0.25) is 9.59 Å². The maximum atomic E-state index is 13.1. The fourth-order valence-electron chi connectivity index (χ4n) is 3.44. The standard InChI is InChI=1S/C24H23F3N4O3/c1-34-20-14-31(18-9-5-8-16(13-18)24(25,26)27)30-21(20)23(33)29-19(22(32)28-17-10-11-17)12-15-6-3-2-4-7-15/h2-9,13-14,17,19H,10-12H2,1H3,(H,28,32)(H,29,33). The van der Waals surface area contributed by atoms with E-state index < -0.39 is 23.7 Å². The lowest BCUT2D eigenvalue weighted by Crippen LogP contribution is -2.48. The summed E-state index contributed by atoms with van der Waals surface area (Å²) < 4.78 is 45.7. The number of benzene rings is 2. The second kappa shape index (κ2) is 9.58. The maximum absolute atomic E-state index is 13.1. The van der Waals surface area contributed by atoms with Crippen LogP contribution in [0.3, 0.4) is 0 Å². The first-order valence-corrected chi connectivity index (χ1v) is 10.7. The lowest BCUT2D eigenvalue weighted by molar-refractivity contribution is -0.137. The Labute approximate surface area is 193 Å². The average molecular weight is 472 g/mol. The molecule has 178 valence electrons. The van der Waals surface area contributed by atoms with Crippen LogP contribution in [-0.4, -0.2) is 40.8 Å². The van der Waals surface area contributed by atoms with Gasteiger partial charge in [-0.15, -0.1) is 0 Å². The molecule has 4 rings (SSSR count). The van der Waals surface area contributed by atoms with Gasteiger partial charge in [0.2, 0.25) is 5.91 Å². The highest BCUT2D eigenvalue weighted by Crippen LogP contribution is 2.31. The van der Waals surface area contributed by atoms with Crippen molar-refractivity contribution < 1.29 is 27.5 Å². The summed E-state index contributed by atoms with van der Waals surface area (Å²) in [5, 5.41) is 9.74. The predicted molar refractivity (Wildman–Crippen MR) is 118 cm³/mol. The Morgan fingerprint density at radius 3 is 2.53 bits per heavy atom. The summed E-state index contributed by atoms with van der Waals surface area (Å²) in [6.45, 7) is 0. The van der Waals surface area contributed by atoms with Crippen molar-refractivity contribution in [3.8, 4) is 11.4 Å². The molecule has 10 heteroatoms. The van der Waals surface area contributed by atoms with E-state index in [1.807, 2.05) is 30.3 Å². The van der Waals surface area contributed by atoms with Crippen LogP contribution in [0.2, 0.25) is 0 Å². The number of ether oxygens (including phenoxy) is 1. The summed E-state index contributed by atoms with van der Waals surface area (Å²) in [6.07, 6.45) is -1.14. The number of rotatable bonds is 8. The van der Waals surface area contributed by atoms with Gasteiger partial charge in [-0.25, -0.2) is 4.68 Å². The van der Waals surface area contributed by atoms with E-state index in [2.05, 4.69) is 15.7 Å². The van der Waals surface area contributed by atoms with Crippen LogP contribution in [0, 0.1) is 0 Å². The van der Waals surface area contributed by atoms with E-state index in [0.717, 1.165) is 35.2 Å². The molecule has 0 aliphatic heterocycles. The zero-order valence-corrected chi connectivity index (χ0v) is 18.3. The number of aromatic nitrogens is 2. The monoisotopic (exact) mass is 472 g/mol. The number of alkyl halides is 3. The van der Waals surface area contributed by atoms with Gasteiger partial charge in [0, 0.05) is 12.5 Å². The van der Waals surface area contributed by atoms with Crippen molar-refractivity contribution in [3.63, 3.8) is 0 Å². The van der Waals surface area contributed by atoms with E-state index in [9.17, 15) is 22.8 Å². The van der Waals surface area contributed by atoms with Gasteiger partial charge in [-0.2, -0.15) is 18.3 Å². The fraction of sp³-hybridized carbons (Fsp3) is 0.292. The SMILES string of the molecule is COc1cn(-c2cccc(C(F)(F)F)c2)nc1C(=O)NC(Cc1ccccc1)C(=O)NC1CC1. The quantitative estimate of drug-likeness (QED) is 0.526. The number of nitrogens with zero attached hydrogens (tertiary/aromatic N) is 2.